The first-order chi connectivity index (χ1) is 6.74. The fourth-order valence-corrected chi connectivity index (χ4v) is 1.74. The molecule has 0 saturated carbocycles. The molecule has 0 aliphatic carbocycles. The second kappa shape index (κ2) is 3.39. The second-order valence-corrected chi connectivity index (χ2v) is 3.40. The Kier molecular flexibility index (Phi) is 2.22. The lowest BCUT2D eigenvalue weighted by Gasteiger charge is -2.20. The van der Waals surface area contributed by atoms with E-state index < -0.39 is 0 Å². The molecule has 1 aliphatic rings. The largest absolute Gasteiger partial charge is 0.486 e. The highest BCUT2D eigenvalue weighted by Crippen LogP contribution is 2.40. The smallest absolute Gasteiger partial charge is 0.181 e. The van der Waals surface area contributed by atoms with Crippen LogP contribution in [0.2, 0.25) is 5.02 Å². The molecule has 0 unspecified atom stereocenters. The molecule has 4 heteroatoms. The molecule has 0 radical (unpaired) electrons. The van der Waals surface area contributed by atoms with E-state index in [1.54, 1.807) is 6.07 Å². The molecule has 0 fully saturated rings. The van der Waals surface area contributed by atoms with Gasteiger partial charge in [-0.3, -0.25) is 0 Å². The van der Waals surface area contributed by atoms with Gasteiger partial charge in [0, 0.05) is 0 Å². The van der Waals surface area contributed by atoms with Gasteiger partial charge in [-0.1, -0.05) is 11.6 Å². The van der Waals surface area contributed by atoms with Crippen LogP contribution in [0.5, 0.6) is 11.5 Å². The number of fused-ring (bicyclic) bond motifs is 1. The van der Waals surface area contributed by atoms with Crippen molar-refractivity contribution in [2.45, 2.75) is 6.92 Å². The van der Waals surface area contributed by atoms with Crippen LogP contribution >= 0.6 is 11.6 Å². The summed E-state index contributed by atoms with van der Waals surface area (Å²) in [6.45, 7) is 2.82. The van der Waals surface area contributed by atoms with Gasteiger partial charge < -0.3 is 9.47 Å². The molecule has 1 aromatic rings. The number of nitrogens with zero attached hydrogens (tertiary/aromatic N) is 1. The molecule has 0 atom stereocenters. The molecule has 2 rings (SSSR count). The first kappa shape index (κ1) is 9.17. The van der Waals surface area contributed by atoms with Crippen LogP contribution in [0.1, 0.15) is 11.1 Å². The van der Waals surface area contributed by atoms with E-state index in [2.05, 4.69) is 0 Å². The van der Waals surface area contributed by atoms with Gasteiger partial charge in [0.05, 0.1) is 5.56 Å². The highest BCUT2D eigenvalue weighted by Gasteiger charge is 2.19. The zero-order valence-electron chi connectivity index (χ0n) is 7.63. The number of benzene rings is 1. The van der Waals surface area contributed by atoms with E-state index in [4.69, 9.17) is 26.3 Å². The van der Waals surface area contributed by atoms with Crippen LogP contribution in [0.4, 0.5) is 0 Å². The number of halogens is 1. The standard InChI is InChI=1S/C10H8ClNO2/c1-6-4-8-10(14-3-2-13-8)9(11)7(6)5-12/h4H,2-3H2,1H3. The highest BCUT2D eigenvalue weighted by atomic mass is 35.5. The maximum Gasteiger partial charge on any atom is 0.181 e. The average Bonchev–Trinajstić information content (AvgIpc) is 2.18. The number of aryl methyl sites for hydroxylation is 1. The van der Waals surface area contributed by atoms with Crippen LogP contribution < -0.4 is 9.47 Å². The normalized spacial score (nSPS) is 13.5. The summed E-state index contributed by atoms with van der Waals surface area (Å²) >= 11 is 6.00. The van der Waals surface area contributed by atoms with Gasteiger partial charge in [-0.05, 0) is 18.6 Å². The van der Waals surface area contributed by atoms with Crippen molar-refractivity contribution in [2.24, 2.45) is 0 Å². The summed E-state index contributed by atoms with van der Waals surface area (Å²) in [7, 11) is 0. The zero-order chi connectivity index (χ0) is 10.1. The van der Waals surface area contributed by atoms with Crippen molar-refractivity contribution in [1.29, 1.82) is 5.26 Å². The quantitative estimate of drug-likeness (QED) is 0.659. The van der Waals surface area contributed by atoms with Gasteiger partial charge in [-0.15, -0.1) is 0 Å². The number of hydrogen-bond donors (Lipinski definition) is 0. The Balaban J connectivity index is 2.65. The van der Waals surface area contributed by atoms with E-state index in [9.17, 15) is 0 Å². The molecule has 1 aromatic carbocycles. The van der Waals surface area contributed by atoms with E-state index >= 15 is 0 Å². The third kappa shape index (κ3) is 1.28. The molecule has 0 saturated heterocycles. The number of hydrogen-bond acceptors (Lipinski definition) is 3. The molecule has 0 amide bonds. The Morgan fingerprint density at radius 1 is 1.43 bits per heavy atom. The lowest BCUT2D eigenvalue weighted by Crippen LogP contribution is -2.16. The van der Waals surface area contributed by atoms with E-state index in [-0.39, 0.29) is 0 Å². The van der Waals surface area contributed by atoms with Crippen molar-refractivity contribution in [3.8, 4) is 17.6 Å². The van der Waals surface area contributed by atoms with Crippen LogP contribution in [0.15, 0.2) is 6.07 Å². The molecule has 0 aromatic heterocycles. The first-order valence-corrected chi connectivity index (χ1v) is 4.60. The van der Waals surface area contributed by atoms with Gasteiger partial charge in [0.2, 0.25) is 0 Å². The maximum atomic E-state index is 8.87. The Labute approximate surface area is 86.8 Å². The second-order valence-electron chi connectivity index (χ2n) is 3.02. The Bertz CT molecular complexity index is 423. The first-order valence-electron chi connectivity index (χ1n) is 4.23. The van der Waals surface area contributed by atoms with Gasteiger partial charge in [-0.2, -0.15) is 5.26 Å². The van der Waals surface area contributed by atoms with Crippen molar-refractivity contribution in [1.82, 2.24) is 0 Å². The summed E-state index contributed by atoms with van der Waals surface area (Å²) in [5.41, 5.74) is 1.26. The monoisotopic (exact) mass is 209 g/mol. The fraction of sp³-hybridized carbons (Fsp3) is 0.300. The minimum atomic E-state index is 0.349. The molecular weight excluding hydrogens is 202 g/mol. The molecule has 1 heterocycles. The number of ether oxygens (including phenoxy) is 2. The summed E-state index contributed by atoms with van der Waals surface area (Å²) in [5, 5.41) is 9.22. The summed E-state index contributed by atoms with van der Waals surface area (Å²) in [6, 6.07) is 3.82. The Morgan fingerprint density at radius 2 is 2.14 bits per heavy atom. The van der Waals surface area contributed by atoms with Gasteiger partial charge in [-0.25, -0.2) is 0 Å². The SMILES string of the molecule is Cc1cc2c(c(Cl)c1C#N)OCCO2. The molecule has 3 nitrogen and oxygen atoms in total. The van der Waals surface area contributed by atoms with Crippen LogP contribution in [0, 0.1) is 18.3 Å². The predicted octanol–water partition coefficient (Wildman–Crippen LogP) is 2.29. The predicted molar refractivity (Wildman–Crippen MR) is 51.9 cm³/mol. The molecule has 0 bridgehead atoms. The van der Waals surface area contributed by atoms with Crippen molar-refractivity contribution in [2.75, 3.05) is 13.2 Å². The summed E-state index contributed by atoms with van der Waals surface area (Å²) in [6.07, 6.45) is 0. The van der Waals surface area contributed by atoms with Crippen molar-refractivity contribution in [3.63, 3.8) is 0 Å². The van der Waals surface area contributed by atoms with E-state index in [0.29, 0.717) is 35.3 Å². The maximum absolute atomic E-state index is 8.87. The van der Waals surface area contributed by atoms with Gasteiger partial charge in [0.25, 0.3) is 0 Å². The van der Waals surface area contributed by atoms with Crippen molar-refractivity contribution >= 4 is 11.6 Å². The van der Waals surface area contributed by atoms with E-state index in [1.165, 1.54) is 0 Å². The average molecular weight is 210 g/mol. The topological polar surface area (TPSA) is 42.2 Å². The highest BCUT2D eigenvalue weighted by molar-refractivity contribution is 6.33. The molecule has 14 heavy (non-hydrogen) atoms. The Hall–Kier alpha value is -1.40. The summed E-state index contributed by atoms with van der Waals surface area (Å²) in [5.74, 6) is 1.11. The summed E-state index contributed by atoms with van der Waals surface area (Å²) < 4.78 is 10.7. The van der Waals surface area contributed by atoms with Crippen molar-refractivity contribution < 1.29 is 9.47 Å². The summed E-state index contributed by atoms with van der Waals surface area (Å²) in [4.78, 5) is 0. The fourth-order valence-electron chi connectivity index (χ4n) is 1.40. The lowest BCUT2D eigenvalue weighted by atomic mass is 10.1. The van der Waals surface area contributed by atoms with Crippen LogP contribution in [-0.2, 0) is 0 Å². The van der Waals surface area contributed by atoms with Crippen LogP contribution in [0.3, 0.4) is 0 Å². The van der Waals surface area contributed by atoms with Gasteiger partial charge in [0.1, 0.15) is 24.3 Å². The number of nitriles is 1. The minimum Gasteiger partial charge on any atom is -0.486 e. The number of rotatable bonds is 0. The minimum absolute atomic E-state index is 0.349. The van der Waals surface area contributed by atoms with Crippen molar-refractivity contribution in [3.05, 3.63) is 22.2 Å². The van der Waals surface area contributed by atoms with E-state index in [1.807, 2.05) is 13.0 Å². The lowest BCUT2D eigenvalue weighted by molar-refractivity contribution is 0.171. The third-order valence-electron chi connectivity index (χ3n) is 2.08. The molecular formula is C10H8ClNO2. The Morgan fingerprint density at radius 3 is 2.86 bits per heavy atom. The van der Waals surface area contributed by atoms with Gasteiger partial charge in [0.15, 0.2) is 11.5 Å². The molecule has 0 spiro atoms. The zero-order valence-corrected chi connectivity index (χ0v) is 8.39. The van der Waals surface area contributed by atoms with Gasteiger partial charge >= 0.3 is 0 Å². The van der Waals surface area contributed by atoms with Crippen LogP contribution in [-0.4, -0.2) is 13.2 Å². The van der Waals surface area contributed by atoms with Crippen LogP contribution in [0.25, 0.3) is 0 Å². The molecule has 1 aliphatic heterocycles. The van der Waals surface area contributed by atoms with E-state index in [0.717, 1.165) is 5.56 Å². The molecule has 0 N–H and O–H groups in total. The molecule has 72 valence electrons. The third-order valence-corrected chi connectivity index (χ3v) is 2.44.